The van der Waals surface area contributed by atoms with Crippen LogP contribution in [0.1, 0.15) is 205 Å². The van der Waals surface area contributed by atoms with E-state index in [-0.39, 0.29) is 21.7 Å². The van der Waals surface area contributed by atoms with Crippen molar-refractivity contribution >= 4 is 17.2 Å². The Morgan fingerprint density at radius 1 is 0.349 bits per heavy atom. The van der Waals surface area contributed by atoms with E-state index in [1.54, 1.807) is 0 Å². The average Bonchev–Trinajstić information content (AvgIpc) is 3.57. The van der Waals surface area contributed by atoms with Crippen molar-refractivity contribution in [1.29, 1.82) is 0 Å². The zero-order valence-electron chi connectivity index (χ0n) is 53.9. The fourth-order valence-electron chi connectivity index (χ4n) is 12.2. The summed E-state index contributed by atoms with van der Waals surface area (Å²) in [4.78, 5) is 0. The molecule has 0 amide bonds. The normalized spacial score (nSPS) is 18.0. The molecule has 0 atom stereocenters. The summed E-state index contributed by atoms with van der Waals surface area (Å²) in [6, 6.07) is 16.9. The highest BCUT2D eigenvalue weighted by molar-refractivity contribution is 7.42. The van der Waals surface area contributed by atoms with Gasteiger partial charge in [0.25, 0.3) is 0 Å². The third kappa shape index (κ3) is 13.4. The molecule has 4 N–H and O–H groups in total. The van der Waals surface area contributed by atoms with Crippen molar-refractivity contribution in [1.82, 2.24) is 0 Å². The highest BCUT2D eigenvalue weighted by Crippen LogP contribution is 2.56. The van der Waals surface area contributed by atoms with E-state index >= 15 is 0 Å². The van der Waals surface area contributed by atoms with Gasteiger partial charge in [-0.25, -0.2) is 0 Å². The number of benzene rings is 6. The lowest BCUT2D eigenvalue weighted by Crippen LogP contribution is -2.45. The fraction of sp³-hybridized carbons (Fsp3) is 0.493. The van der Waals surface area contributed by atoms with Gasteiger partial charge in [0.1, 0.15) is 34.5 Å². The second kappa shape index (κ2) is 23.6. The maximum atomic E-state index is 11.2. The van der Waals surface area contributed by atoms with Gasteiger partial charge < -0.3 is 47.6 Å². The minimum atomic E-state index is -1.81. The van der Waals surface area contributed by atoms with E-state index in [0.29, 0.717) is 75.1 Å². The quantitative estimate of drug-likeness (QED) is 0.0877. The topological polar surface area (TPSA) is 136 Å². The molecule has 2 heterocycles. The molecule has 12 heteroatoms. The van der Waals surface area contributed by atoms with Crippen molar-refractivity contribution in [3.8, 4) is 34.5 Å². The molecule has 1 spiro atoms. The zero-order valence-corrected chi connectivity index (χ0v) is 55.7. The number of aromatic hydroxyl groups is 4. The lowest BCUT2D eigenvalue weighted by atomic mass is 9.81. The molecular weight excluding hydrogens is 1070 g/mol. The summed E-state index contributed by atoms with van der Waals surface area (Å²) in [5, 5.41) is 44.8. The summed E-state index contributed by atoms with van der Waals surface area (Å²) < 4.78 is 40.2. The number of phenols is 4. The maximum absolute atomic E-state index is 11.2. The van der Waals surface area contributed by atoms with Gasteiger partial charge >= 0.3 is 17.2 Å². The van der Waals surface area contributed by atoms with Crippen LogP contribution >= 0.6 is 17.2 Å². The van der Waals surface area contributed by atoms with E-state index in [9.17, 15) is 20.4 Å². The van der Waals surface area contributed by atoms with Crippen LogP contribution in [-0.2, 0) is 65.4 Å². The van der Waals surface area contributed by atoms with Gasteiger partial charge in [-0.05, 0) is 239 Å². The Morgan fingerprint density at radius 3 is 0.747 bits per heavy atom. The Bertz CT molecular complexity index is 3030. The molecule has 2 aliphatic rings. The predicted octanol–water partition coefficient (Wildman–Crippen LogP) is 18.1. The molecule has 8 rings (SSSR count). The first-order chi connectivity index (χ1) is 38.4. The summed E-state index contributed by atoms with van der Waals surface area (Å²) in [5.74, 6) is 2.83. The highest BCUT2D eigenvalue weighted by Gasteiger charge is 2.46. The Balaban J connectivity index is 1.06. The minimum Gasteiger partial charge on any atom is -0.507 e. The fourth-order valence-corrected chi connectivity index (χ4v) is 14.9. The van der Waals surface area contributed by atoms with Gasteiger partial charge in [-0.2, -0.15) is 0 Å². The molecule has 0 aliphatic carbocycles. The Kier molecular flexibility index (Phi) is 18.1. The Labute approximate surface area is 499 Å². The van der Waals surface area contributed by atoms with E-state index in [4.69, 9.17) is 27.1 Å². The molecule has 2 aliphatic heterocycles. The molecule has 2 saturated heterocycles. The summed E-state index contributed by atoms with van der Waals surface area (Å²) in [6.45, 7) is 47.6. The van der Waals surface area contributed by atoms with Gasteiger partial charge in [-0.1, -0.05) is 132 Å². The predicted molar refractivity (Wildman–Crippen MR) is 340 cm³/mol. The van der Waals surface area contributed by atoms with E-state index in [2.05, 4.69) is 173 Å². The summed E-state index contributed by atoms with van der Waals surface area (Å²) in [7, 11) is -3.63. The van der Waals surface area contributed by atoms with Crippen LogP contribution in [0.3, 0.4) is 0 Å². The van der Waals surface area contributed by atoms with E-state index in [0.717, 1.165) is 123 Å². The van der Waals surface area contributed by atoms with Crippen LogP contribution in [0.25, 0.3) is 0 Å². The van der Waals surface area contributed by atoms with Gasteiger partial charge in [0.2, 0.25) is 0 Å². The van der Waals surface area contributed by atoms with Crippen molar-refractivity contribution in [3.05, 3.63) is 171 Å². The molecule has 6 aromatic rings. The van der Waals surface area contributed by atoms with Crippen molar-refractivity contribution in [3.63, 3.8) is 0 Å². The molecule has 83 heavy (non-hydrogen) atoms. The maximum Gasteiger partial charge on any atom is 0.397 e. The number of rotatable bonds is 12. The number of phenolic OH excluding ortho intramolecular Hbond substituents is 4. The molecular formula is C71H94O10P2. The molecule has 10 nitrogen and oxygen atoms in total. The number of aryl methyl sites for hydroxylation is 4. The monoisotopic (exact) mass is 1170 g/mol. The highest BCUT2D eigenvalue weighted by atomic mass is 31.2. The second-order valence-electron chi connectivity index (χ2n) is 28.5. The third-order valence-corrected chi connectivity index (χ3v) is 19.4. The molecule has 0 unspecified atom stereocenters. The summed E-state index contributed by atoms with van der Waals surface area (Å²) in [5.41, 5.74) is 20.9. The van der Waals surface area contributed by atoms with Gasteiger partial charge in [-0.15, -0.1) is 0 Å². The summed E-state index contributed by atoms with van der Waals surface area (Å²) in [6.07, 6.45) is 2.53. The lowest BCUT2D eigenvalue weighted by Gasteiger charge is -2.41. The average molecular weight is 1170 g/mol. The molecule has 0 saturated carbocycles. The van der Waals surface area contributed by atoms with Crippen LogP contribution in [0, 0.1) is 74.7 Å². The van der Waals surface area contributed by atoms with Crippen molar-refractivity contribution in [2.24, 2.45) is 5.41 Å². The van der Waals surface area contributed by atoms with Crippen molar-refractivity contribution in [2.75, 3.05) is 26.4 Å². The second-order valence-corrected chi connectivity index (χ2v) is 30.8. The molecule has 2 fully saturated rings. The van der Waals surface area contributed by atoms with E-state index in [1.165, 1.54) is 11.1 Å². The van der Waals surface area contributed by atoms with Crippen molar-refractivity contribution < 1.29 is 47.6 Å². The Morgan fingerprint density at radius 2 is 0.554 bits per heavy atom. The van der Waals surface area contributed by atoms with E-state index in [1.807, 2.05) is 27.7 Å². The Hall–Kier alpha value is -5.18. The third-order valence-electron chi connectivity index (χ3n) is 17.4. The molecule has 448 valence electrons. The van der Waals surface area contributed by atoms with Crippen LogP contribution in [0.5, 0.6) is 34.5 Å². The van der Waals surface area contributed by atoms with E-state index < -0.39 is 22.6 Å². The molecule has 0 radical (unpaired) electrons. The largest absolute Gasteiger partial charge is 0.507 e. The van der Waals surface area contributed by atoms with Gasteiger partial charge in [0.15, 0.2) is 0 Å². The number of hydrogen-bond donors (Lipinski definition) is 4. The van der Waals surface area contributed by atoms with Gasteiger partial charge in [0.05, 0.1) is 31.8 Å². The lowest BCUT2D eigenvalue weighted by molar-refractivity contribution is -0.0673. The van der Waals surface area contributed by atoms with Crippen LogP contribution in [0.15, 0.2) is 48.5 Å². The molecule has 0 aromatic heterocycles. The van der Waals surface area contributed by atoms with Crippen LogP contribution in [0.4, 0.5) is 0 Å². The first kappa shape index (κ1) is 63.8. The first-order valence-electron chi connectivity index (χ1n) is 29.4. The zero-order chi connectivity index (χ0) is 61.4. The van der Waals surface area contributed by atoms with Gasteiger partial charge in [0, 0.05) is 0 Å². The first-order valence-corrected chi connectivity index (χ1v) is 31.6. The standard InChI is InChI=1S/C71H94O10P2/c1-39-23-49(31-57(61(39)72)67(11,12)13)27-53-43(5)54(28-50-24-40(2)62(73)58(32-50)68(14,15)16)46(8)65(45(53)7)80-82-76-35-71(36-77-82)37-78-83(79-38-71)81-66-47(9)55(29-51-25-41(3)63(74)59(33-51)69(17,18)19)44(6)56(48(66)10)30-52-26-42(4)64(75)60(34-52)70(20,21)22/h23-26,31-34,72-75H,27-30,35-38H2,1-22H3. The van der Waals surface area contributed by atoms with Crippen LogP contribution < -0.4 is 9.05 Å². The molecule has 0 bridgehead atoms. The smallest absolute Gasteiger partial charge is 0.397 e. The van der Waals surface area contributed by atoms with Gasteiger partial charge in [-0.3, -0.25) is 0 Å². The summed E-state index contributed by atoms with van der Waals surface area (Å²) >= 11 is 0. The number of hydrogen-bond acceptors (Lipinski definition) is 10. The minimum absolute atomic E-state index is 0.255. The van der Waals surface area contributed by atoms with Crippen molar-refractivity contribution in [2.45, 2.75) is 200 Å². The van der Waals surface area contributed by atoms with Crippen LogP contribution in [-0.4, -0.2) is 46.9 Å². The van der Waals surface area contributed by atoms with Crippen LogP contribution in [0.2, 0.25) is 0 Å². The molecule has 6 aromatic carbocycles. The SMILES string of the molecule is Cc1cc(Cc2c(C)c(Cc3cc(C)c(O)c(C(C)(C)C)c3)c(C)c(OP3OCC4(CO3)COP(Oc3c(C)c(Cc5cc(C)c(O)c(C(C)(C)C)c5)c(C)c(Cc5cc(C)c(O)c(C(C)(C)C)c5)c3C)OC4)c2C)cc(C(C)(C)C)c1O.